The fourth-order valence-corrected chi connectivity index (χ4v) is 5.36. The summed E-state index contributed by atoms with van der Waals surface area (Å²) in [4.78, 5) is 0. The van der Waals surface area contributed by atoms with Crippen LogP contribution in [0.3, 0.4) is 0 Å². The molecule has 96 valence electrons. The summed E-state index contributed by atoms with van der Waals surface area (Å²) >= 11 is 0. The van der Waals surface area contributed by atoms with E-state index in [1.807, 2.05) is 0 Å². The van der Waals surface area contributed by atoms with Crippen LogP contribution in [-0.4, -0.2) is 12.2 Å². The average Bonchev–Trinajstić information content (AvgIpc) is 2.37. The summed E-state index contributed by atoms with van der Waals surface area (Å²) in [6.45, 7) is 0. The van der Waals surface area contributed by atoms with Gasteiger partial charge in [-0.2, -0.15) is 0 Å². The highest BCUT2D eigenvalue weighted by atomic mass is 16.5. The first-order valence-electron chi connectivity index (χ1n) is 8.05. The maximum absolute atomic E-state index is 5.98. The van der Waals surface area contributed by atoms with Gasteiger partial charge in [0.1, 0.15) is 0 Å². The zero-order valence-electron chi connectivity index (χ0n) is 10.9. The van der Waals surface area contributed by atoms with Gasteiger partial charge >= 0.3 is 0 Å². The van der Waals surface area contributed by atoms with Gasteiger partial charge in [-0.25, -0.2) is 0 Å². The molecule has 0 aromatic heterocycles. The third-order valence-corrected chi connectivity index (χ3v) is 6.35. The van der Waals surface area contributed by atoms with Crippen LogP contribution >= 0.6 is 0 Å². The van der Waals surface area contributed by atoms with Crippen molar-refractivity contribution in [2.24, 2.45) is 23.7 Å². The second-order valence-corrected chi connectivity index (χ2v) is 7.15. The van der Waals surface area contributed by atoms with Crippen LogP contribution in [0.1, 0.15) is 64.2 Å². The fraction of sp³-hybridized carbons (Fsp3) is 1.00. The van der Waals surface area contributed by atoms with E-state index in [0.29, 0.717) is 12.2 Å². The maximum Gasteiger partial charge on any atom is 0.0634 e. The maximum atomic E-state index is 5.98. The Balaban J connectivity index is 1.41. The lowest BCUT2D eigenvalue weighted by Gasteiger charge is -2.52. The van der Waals surface area contributed by atoms with Crippen LogP contribution in [0.4, 0.5) is 0 Å². The topological polar surface area (TPSA) is 9.23 Å². The van der Waals surface area contributed by atoms with E-state index in [4.69, 9.17) is 4.74 Å². The van der Waals surface area contributed by atoms with Crippen molar-refractivity contribution in [2.75, 3.05) is 0 Å². The van der Waals surface area contributed by atoms with Crippen molar-refractivity contribution in [3.05, 3.63) is 0 Å². The predicted octanol–water partition coefficient (Wildman–Crippen LogP) is 4.16. The van der Waals surface area contributed by atoms with Crippen LogP contribution in [0.15, 0.2) is 0 Å². The molecule has 1 heteroatoms. The molecule has 0 aromatic rings. The average molecular weight is 234 g/mol. The van der Waals surface area contributed by atoms with Gasteiger partial charge in [-0.05, 0) is 55.8 Å². The Labute approximate surface area is 105 Å². The van der Waals surface area contributed by atoms with Crippen molar-refractivity contribution >= 4 is 0 Å². The van der Waals surface area contributed by atoms with E-state index in [1.165, 1.54) is 38.5 Å². The van der Waals surface area contributed by atoms with Crippen LogP contribution < -0.4 is 0 Å². The Kier molecular flexibility index (Phi) is 2.72. The van der Waals surface area contributed by atoms with Gasteiger partial charge in [0.2, 0.25) is 0 Å². The molecule has 0 aromatic carbocycles. The third kappa shape index (κ3) is 1.85. The summed E-state index contributed by atoms with van der Waals surface area (Å²) < 4.78 is 5.98. The van der Waals surface area contributed by atoms with Crippen LogP contribution in [0.25, 0.3) is 0 Å². The van der Waals surface area contributed by atoms with Crippen molar-refractivity contribution in [1.82, 2.24) is 0 Å². The molecule has 0 amide bonds. The van der Waals surface area contributed by atoms with Gasteiger partial charge in [-0.3, -0.25) is 0 Å². The van der Waals surface area contributed by atoms with Gasteiger partial charge in [0, 0.05) is 6.42 Å². The van der Waals surface area contributed by atoms with Gasteiger partial charge in [0.05, 0.1) is 12.2 Å². The number of hydrogen-bond donors (Lipinski definition) is 0. The number of hydrogen-bond acceptors (Lipinski definition) is 1. The molecular weight excluding hydrogens is 208 g/mol. The number of ether oxygens (including phenoxy) is 1. The lowest BCUT2D eigenvalue weighted by molar-refractivity contribution is -0.200. The van der Waals surface area contributed by atoms with Crippen LogP contribution in [0.5, 0.6) is 0 Å². The Morgan fingerprint density at radius 1 is 0.647 bits per heavy atom. The van der Waals surface area contributed by atoms with Gasteiger partial charge in [0.15, 0.2) is 0 Å². The predicted molar refractivity (Wildman–Crippen MR) is 68.8 cm³/mol. The molecule has 2 bridgehead atoms. The lowest BCUT2D eigenvalue weighted by atomic mass is 9.61. The molecule has 3 saturated carbocycles. The molecule has 1 nitrogen and oxygen atoms in total. The number of fused-ring (bicyclic) bond motifs is 3. The van der Waals surface area contributed by atoms with Crippen molar-refractivity contribution in [3.63, 3.8) is 0 Å². The molecule has 0 N–H and O–H groups in total. The zero-order valence-corrected chi connectivity index (χ0v) is 10.9. The molecule has 5 fully saturated rings. The molecule has 5 aliphatic rings. The Morgan fingerprint density at radius 3 is 2.18 bits per heavy atom. The van der Waals surface area contributed by atoms with Crippen LogP contribution in [0, 0.1) is 23.7 Å². The smallest absolute Gasteiger partial charge is 0.0634 e. The molecule has 0 spiro atoms. The van der Waals surface area contributed by atoms with Crippen molar-refractivity contribution < 1.29 is 4.74 Å². The van der Waals surface area contributed by atoms with E-state index in [-0.39, 0.29) is 0 Å². The molecule has 2 saturated heterocycles. The zero-order chi connectivity index (χ0) is 11.2. The van der Waals surface area contributed by atoms with Gasteiger partial charge in [-0.15, -0.1) is 0 Å². The Bertz CT molecular complexity index is 278. The third-order valence-electron chi connectivity index (χ3n) is 6.35. The summed E-state index contributed by atoms with van der Waals surface area (Å²) in [5.41, 5.74) is 0. The molecule has 2 aliphatic heterocycles. The van der Waals surface area contributed by atoms with Crippen molar-refractivity contribution in [2.45, 2.75) is 76.4 Å². The molecule has 6 atom stereocenters. The van der Waals surface area contributed by atoms with E-state index in [9.17, 15) is 0 Å². The SMILES string of the molecule is C1CCC2CC(C3CCC4CC3O4)CCC2C1. The molecule has 5 rings (SSSR count). The van der Waals surface area contributed by atoms with Crippen molar-refractivity contribution in [1.29, 1.82) is 0 Å². The van der Waals surface area contributed by atoms with Crippen LogP contribution in [0.2, 0.25) is 0 Å². The lowest BCUT2D eigenvalue weighted by Crippen LogP contribution is -2.50. The summed E-state index contributed by atoms with van der Waals surface area (Å²) in [7, 11) is 0. The van der Waals surface area contributed by atoms with Crippen LogP contribution in [-0.2, 0) is 4.74 Å². The minimum atomic E-state index is 0.669. The molecular formula is C16H26O. The minimum Gasteiger partial charge on any atom is -0.374 e. The minimum absolute atomic E-state index is 0.669. The normalized spacial score (nSPS) is 53.6. The summed E-state index contributed by atoms with van der Waals surface area (Å²) in [6.07, 6.45) is 16.3. The Morgan fingerprint density at radius 2 is 1.41 bits per heavy atom. The van der Waals surface area contributed by atoms with Gasteiger partial charge < -0.3 is 4.74 Å². The molecule has 2 heterocycles. The largest absolute Gasteiger partial charge is 0.374 e. The highest BCUT2D eigenvalue weighted by molar-refractivity contribution is 4.95. The van der Waals surface area contributed by atoms with E-state index in [1.54, 1.807) is 25.7 Å². The first-order valence-corrected chi connectivity index (χ1v) is 8.05. The van der Waals surface area contributed by atoms with E-state index in [0.717, 1.165) is 23.7 Å². The molecule has 0 radical (unpaired) electrons. The summed E-state index contributed by atoms with van der Waals surface area (Å²) in [5.74, 6) is 4.18. The second-order valence-electron chi connectivity index (χ2n) is 7.15. The first kappa shape index (κ1) is 10.8. The van der Waals surface area contributed by atoms with Gasteiger partial charge in [-0.1, -0.05) is 25.7 Å². The Hall–Kier alpha value is -0.0400. The first-order chi connectivity index (χ1) is 8.40. The van der Waals surface area contributed by atoms with E-state index in [2.05, 4.69) is 0 Å². The van der Waals surface area contributed by atoms with E-state index >= 15 is 0 Å². The number of rotatable bonds is 1. The summed E-state index contributed by atoms with van der Waals surface area (Å²) in [5, 5.41) is 0. The quantitative estimate of drug-likeness (QED) is 0.662. The standard InChI is InChI=1S/C16H26O/c1-2-4-12-9-13(6-5-11(12)3-1)15-8-7-14-10-16(15)17-14/h11-16H,1-10H2. The fourth-order valence-electron chi connectivity index (χ4n) is 5.36. The second kappa shape index (κ2) is 4.26. The highest BCUT2D eigenvalue weighted by Crippen LogP contribution is 2.50. The van der Waals surface area contributed by atoms with E-state index < -0.39 is 0 Å². The molecule has 17 heavy (non-hydrogen) atoms. The highest BCUT2D eigenvalue weighted by Gasteiger charge is 2.46. The molecule has 6 unspecified atom stereocenters. The van der Waals surface area contributed by atoms with Crippen molar-refractivity contribution in [3.8, 4) is 0 Å². The molecule has 3 aliphatic carbocycles. The monoisotopic (exact) mass is 234 g/mol. The summed E-state index contributed by atoms with van der Waals surface area (Å²) in [6, 6.07) is 0. The van der Waals surface area contributed by atoms with Gasteiger partial charge in [0.25, 0.3) is 0 Å².